The van der Waals surface area contributed by atoms with Crippen molar-refractivity contribution >= 4 is 35.3 Å². The molecule has 0 spiro atoms. The smallest absolute Gasteiger partial charge is 0.242 e. The van der Waals surface area contributed by atoms with E-state index in [1.54, 1.807) is 35.8 Å². The van der Waals surface area contributed by atoms with Crippen LogP contribution >= 0.6 is 11.8 Å². The average Bonchev–Trinajstić information content (AvgIpc) is 3.40. The number of amides is 3. The van der Waals surface area contributed by atoms with Crippen molar-refractivity contribution in [1.29, 1.82) is 0 Å². The van der Waals surface area contributed by atoms with E-state index in [-0.39, 0.29) is 35.3 Å². The predicted octanol–water partition coefficient (Wildman–Crippen LogP) is 5.03. The van der Waals surface area contributed by atoms with Gasteiger partial charge >= 0.3 is 0 Å². The zero-order valence-electron chi connectivity index (χ0n) is 27.4. The largest absolute Gasteiger partial charge is 0.493 e. The highest BCUT2D eigenvalue weighted by Crippen LogP contribution is 2.49. The Labute approximate surface area is 279 Å². The number of anilines is 1. The predicted molar refractivity (Wildman–Crippen MR) is 184 cm³/mol. The first-order valence-corrected chi connectivity index (χ1v) is 16.7. The van der Waals surface area contributed by atoms with Crippen LogP contribution in [0.2, 0.25) is 0 Å². The van der Waals surface area contributed by atoms with E-state index in [2.05, 4.69) is 6.07 Å². The van der Waals surface area contributed by atoms with Crippen LogP contribution in [-0.4, -0.2) is 90.0 Å². The number of aromatic nitrogens is 2. The summed E-state index contributed by atoms with van der Waals surface area (Å²) < 4.78 is 13.0. The van der Waals surface area contributed by atoms with Crippen molar-refractivity contribution in [2.45, 2.75) is 26.0 Å². The topological polar surface area (TPSA) is 97.2 Å². The lowest BCUT2D eigenvalue weighted by atomic mass is 9.99. The molecule has 3 heterocycles. The number of rotatable bonds is 7. The third-order valence-corrected chi connectivity index (χ3v) is 10.1. The van der Waals surface area contributed by atoms with Gasteiger partial charge in [-0.25, -0.2) is 4.68 Å². The lowest BCUT2D eigenvalue weighted by Crippen LogP contribution is -2.53. The van der Waals surface area contributed by atoms with Crippen molar-refractivity contribution < 1.29 is 23.9 Å². The number of nitrogens with zero attached hydrogens (tertiary/aromatic N) is 5. The molecule has 1 fully saturated rings. The average molecular weight is 654 g/mol. The molecule has 3 aromatic carbocycles. The molecule has 0 radical (unpaired) electrons. The number of thioether (sulfide) groups is 1. The minimum Gasteiger partial charge on any atom is -0.493 e. The first kappa shape index (κ1) is 32.2. The Kier molecular flexibility index (Phi) is 9.26. The number of hydrogen-bond donors (Lipinski definition) is 0. The van der Waals surface area contributed by atoms with Crippen molar-refractivity contribution in [2.24, 2.45) is 0 Å². The van der Waals surface area contributed by atoms with Crippen LogP contribution in [0, 0.1) is 13.8 Å². The van der Waals surface area contributed by atoms with Gasteiger partial charge in [0.1, 0.15) is 12.4 Å². The van der Waals surface area contributed by atoms with E-state index in [0.717, 1.165) is 39.2 Å². The van der Waals surface area contributed by atoms with Gasteiger partial charge in [-0.2, -0.15) is 5.10 Å². The number of benzene rings is 3. The second-order valence-electron chi connectivity index (χ2n) is 11.8. The molecule has 4 aromatic rings. The Morgan fingerprint density at radius 1 is 0.894 bits per heavy atom. The number of carbonyl (C=O) groups is 3. The van der Waals surface area contributed by atoms with Crippen LogP contribution < -0.4 is 14.4 Å². The molecule has 2 aliphatic heterocycles. The summed E-state index contributed by atoms with van der Waals surface area (Å²) in [6.07, 6.45) is 0. The van der Waals surface area contributed by atoms with Crippen LogP contribution in [0.1, 0.15) is 34.4 Å². The summed E-state index contributed by atoms with van der Waals surface area (Å²) >= 11 is 1.50. The number of fused-ring (bicyclic) bond motifs is 1. The maximum Gasteiger partial charge on any atom is 0.242 e. The van der Waals surface area contributed by atoms with E-state index in [1.807, 2.05) is 79.2 Å². The fraction of sp³-hybridized carbons (Fsp3) is 0.333. The fourth-order valence-corrected chi connectivity index (χ4v) is 7.51. The molecule has 244 valence electrons. The van der Waals surface area contributed by atoms with Gasteiger partial charge in [-0.15, -0.1) is 11.8 Å². The molecule has 2 aliphatic rings. The number of aryl methyl sites for hydroxylation is 2. The van der Waals surface area contributed by atoms with Crippen LogP contribution in [0.4, 0.5) is 5.82 Å². The summed E-state index contributed by atoms with van der Waals surface area (Å²) in [6, 6.07) is 21.9. The van der Waals surface area contributed by atoms with Gasteiger partial charge in [-0.3, -0.25) is 19.3 Å². The van der Waals surface area contributed by atoms with Gasteiger partial charge in [0.15, 0.2) is 11.5 Å². The SMILES string of the molecule is COc1ccc([C@@H]2SCC(=O)N(CC(=O)N3CCN(C(C)=O)CC3)c3c2c(-c2ccccc2)nn3-c2ccc(C)cc2C)cc1OC. The monoisotopic (exact) mass is 653 g/mol. The van der Waals surface area contributed by atoms with Gasteiger partial charge in [-0.05, 0) is 43.2 Å². The summed E-state index contributed by atoms with van der Waals surface area (Å²) in [5.41, 5.74) is 6.33. The van der Waals surface area contributed by atoms with E-state index < -0.39 is 0 Å². The third kappa shape index (κ3) is 6.32. The molecule has 47 heavy (non-hydrogen) atoms. The van der Waals surface area contributed by atoms with Crippen LogP contribution in [0.15, 0.2) is 66.7 Å². The summed E-state index contributed by atoms with van der Waals surface area (Å²) in [5, 5.41) is 4.92. The Morgan fingerprint density at radius 2 is 1.60 bits per heavy atom. The number of piperazine rings is 1. The Morgan fingerprint density at radius 3 is 2.26 bits per heavy atom. The molecule has 1 saturated heterocycles. The molecule has 3 amide bonds. The molecule has 0 aliphatic carbocycles. The molecule has 0 bridgehead atoms. The van der Waals surface area contributed by atoms with Crippen molar-refractivity contribution in [2.75, 3.05) is 57.6 Å². The van der Waals surface area contributed by atoms with E-state index in [9.17, 15) is 14.4 Å². The normalized spacial score (nSPS) is 16.5. The Balaban J connectivity index is 1.55. The summed E-state index contributed by atoms with van der Waals surface area (Å²) in [7, 11) is 3.21. The van der Waals surface area contributed by atoms with Gasteiger partial charge in [0.25, 0.3) is 0 Å². The van der Waals surface area contributed by atoms with Gasteiger partial charge in [0, 0.05) is 44.2 Å². The van der Waals surface area contributed by atoms with Crippen LogP contribution in [0.3, 0.4) is 0 Å². The Hall–Kier alpha value is -4.77. The van der Waals surface area contributed by atoms with Gasteiger partial charge in [0.05, 0.1) is 36.6 Å². The lowest BCUT2D eigenvalue weighted by Gasteiger charge is -2.35. The van der Waals surface area contributed by atoms with E-state index in [4.69, 9.17) is 14.6 Å². The van der Waals surface area contributed by atoms with Crippen LogP contribution in [0.5, 0.6) is 11.5 Å². The molecule has 0 unspecified atom stereocenters. The standard InChI is InChI=1S/C36H39N5O5S/c1-23-11-13-28(24(2)19-23)41-36-33(34(37-41)26-9-7-6-8-10-26)35(27-12-14-29(45-4)30(20-27)46-5)47-22-32(44)40(36)21-31(43)39-17-15-38(16-18-39)25(3)42/h6-14,19-20,35H,15-18,21-22H2,1-5H3/t35-/m0/s1. The highest BCUT2D eigenvalue weighted by molar-refractivity contribution is 8.00. The van der Waals surface area contributed by atoms with Crippen molar-refractivity contribution in [3.63, 3.8) is 0 Å². The maximum absolute atomic E-state index is 14.2. The third-order valence-electron chi connectivity index (χ3n) is 8.80. The van der Waals surface area contributed by atoms with Crippen molar-refractivity contribution in [1.82, 2.24) is 19.6 Å². The molecule has 0 saturated carbocycles. The summed E-state index contributed by atoms with van der Waals surface area (Å²) in [5.74, 6) is 1.56. The van der Waals surface area contributed by atoms with Crippen molar-refractivity contribution in [3.8, 4) is 28.4 Å². The minimum atomic E-state index is -0.317. The van der Waals surface area contributed by atoms with E-state index in [0.29, 0.717) is 43.5 Å². The lowest BCUT2D eigenvalue weighted by molar-refractivity contribution is -0.137. The highest BCUT2D eigenvalue weighted by Gasteiger charge is 2.39. The molecular weight excluding hydrogens is 614 g/mol. The number of carbonyl (C=O) groups excluding carboxylic acids is 3. The maximum atomic E-state index is 14.2. The van der Waals surface area contributed by atoms with Gasteiger partial charge in [-0.1, -0.05) is 54.1 Å². The zero-order chi connectivity index (χ0) is 33.2. The second-order valence-corrected chi connectivity index (χ2v) is 12.9. The van der Waals surface area contributed by atoms with Gasteiger partial charge < -0.3 is 19.3 Å². The molecule has 1 aromatic heterocycles. The summed E-state index contributed by atoms with van der Waals surface area (Å²) in [4.78, 5) is 45.1. The molecular formula is C36H39N5O5S. The van der Waals surface area contributed by atoms with Crippen LogP contribution in [0.25, 0.3) is 16.9 Å². The summed E-state index contributed by atoms with van der Waals surface area (Å²) in [6.45, 7) is 7.24. The quantitative estimate of drug-likeness (QED) is 0.276. The molecule has 0 N–H and O–H groups in total. The van der Waals surface area contributed by atoms with Gasteiger partial charge in [0.2, 0.25) is 17.7 Å². The van der Waals surface area contributed by atoms with Crippen molar-refractivity contribution in [3.05, 3.63) is 89.0 Å². The number of ether oxygens (including phenoxy) is 2. The Bertz CT molecular complexity index is 1820. The van der Waals surface area contributed by atoms with E-state index in [1.165, 1.54) is 11.8 Å². The fourth-order valence-electron chi connectivity index (χ4n) is 6.32. The number of methoxy groups -OCH3 is 2. The molecule has 10 nitrogen and oxygen atoms in total. The minimum absolute atomic E-state index is 0.00604. The molecule has 11 heteroatoms. The van der Waals surface area contributed by atoms with Crippen LogP contribution in [-0.2, 0) is 14.4 Å². The van der Waals surface area contributed by atoms with E-state index >= 15 is 0 Å². The molecule has 6 rings (SSSR count). The molecule has 1 atom stereocenters. The second kappa shape index (κ2) is 13.5. The first-order valence-electron chi connectivity index (χ1n) is 15.6. The first-order chi connectivity index (χ1) is 22.7. The zero-order valence-corrected chi connectivity index (χ0v) is 28.2. The number of hydrogen-bond acceptors (Lipinski definition) is 7. The highest BCUT2D eigenvalue weighted by atomic mass is 32.2.